The van der Waals surface area contributed by atoms with Crippen LogP contribution in [0.1, 0.15) is 13.8 Å². The Labute approximate surface area is 82.9 Å². The number of carbonyl (C=O) groups is 1. The number of rotatable bonds is 2. The monoisotopic (exact) mass is 284 g/mol. The Morgan fingerprint density at radius 1 is 1.73 bits per heavy atom. The SMILES string of the molecule is CC(C)[C@@H]1OC(=O)[C@@]1(Br)CBr. The van der Waals surface area contributed by atoms with Crippen molar-refractivity contribution in [3.8, 4) is 0 Å². The Balaban J connectivity index is 2.68. The fourth-order valence-electron chi connectivity index (χ4n) is 1.16. The molecule has 2 nitrogen and oxygen atoms in total. The van der Waals surface area contributed by atoms with E-state index in [0.29, 0.717) is 11.2 Å². The van der Waals surface area contributed by atoms with E-state index < -0.39 is 4.32 Å². The van der Waals surface area contributed by atoms with E-state index >= 15 is 0 Å². The van der Waals surface area contributed by atoms with Crippen LogP contribution in [0.3, 0.4) is 0 Å². The zero-order chi connectivity index (χ0) is 8.65. The zero-order valence-electron chi connectivity index (χ0n) is 6.43. The molecule has 1 aliphatic rings. The van der Waals surface area contributed by atoms with Crippen LogP contribution in [-0.2, 0) is 9.53 Å². The van der Waals surface area contributed by atoms with E-state index in [1.807, 2.05) is 13.8 Å². The molecule has 0 spiro atoms. The predicted octanol–water partition coefficient (Wildman–Crippen LogP) is 2.10. The second-order valence-corrected chi connectivity index (χ2v) is 5.04. The molecule has 0 bridgehead atoms. The molecule has 0 aromatic heterocycles. The molecule has 2 atom stereocenters. The summed E-state index contributed by atoms with van der Waals surface area (Å²) in [6.07, 6.45) is 0.00868. The van der Waals surface area contributed by atoms with Crippen molar-refractivity contribution in [3.05, 3.63) is 0 Å². The van der Waals surface area contributed by atoms with E-state index in [4.69, 9.17) is 4.74 Å². The highest BCUT2D eigenvalue weighted by molar-refractivity contribution is 9.12. The van der Waals surface area contributed by atoms with Gasteiger partial charge in [0.25, 0.3) is 0 Å². The van der Waals surface area contributed by atoms with E-state index in [9.17, 15) is 4.79 Å². The molecule has 0 aliphatic carbocycles. The number of hydrogen-bond donors (Lipinski definition) is 0. The summed E-state index contributed by atoms with van der Waals surface area (Å²) in [6.45, 7) is 4.07. The lowest BCUT2D eigenvalue weighted by molar-refractivity contribution is -0.180. The molecule has 4 heteroatoms. The quantitative estimate of drug-likeness (QED) is 0.574. The Hall–Kier alpha value is 0.430. The van der Waals surface area contributed by atoms with Crippen molar-refractivity contribution < 1.29 is 9.53 Å². The molecule has 0 N–H and O–H groups in total. The number of cyclic esters (lactones) is 1. The molecule has 0 unspecified atom stereocenters. The first-order valence-electron chi connectivity index (χ1n) is 3.48. The van der Waals surface area contributed by atoms with Gasteiger partial charge in [0.1, 0.15) is 6.10 Å². The maximum atomic E-state index is 11.0. The highest BCUT2D eigenvalue weighted by Gasteiger charge is 2.56. The summed E-state index contributed by atoms with van der Waals surface area (Å²) in [6, 6.07) is 0. The maximum Gasteiger partial charge on any atom is 0.327 e. The minimum atomic E-state index is -0.471. The van der Waals surface area contributed by atoms with E-state index in [1.54, 1.807) is 0 Å². The van der Waals surface area contributed by atoms with Crippen LogP contribution in [0.25, 0.3) is 0 Å². The first-order chi connectivity index (χ1) is 5.02. The molecule has 1 rings (SSSR count). The van der Waals surface area contributed by atoms with Crippen LogP contribution in [0.5, 0.6) is 0 Å². The summed E-state index contributed by atoms with van der Waals surface area (Å²) in [5, 5.41) is 0.613. The van der Waals surface area contributed by atoms with Crippen LogP contribution in [0.2, 0.25) is 0 Å². The van der Waals surface area contributed by atoms with Gasteiger partial charge in [-0.3, -0.25) is 4.79 Å². The van der Waals surface area contributed by atoms with E-state index in [2.05, 4.69) is 31.9 Å². The van der Waals surface area contributed by atoms with Gasteiger partial charge in [0.2, 0.25) is 0 Å². The van der Waals surface area contributed by atoms with Crippen molar-refractivity contribution in [3.63, 3.8) is 0 Å². The molecule has 1 aliphatic heterocycles. The van der Waals surface area contributed by atoms with Crippen LogP contribution in [0.15, 0.2) is 0 Å². The largest absolute Gasteiger partial charge is 0.459 e. The molecule has 1 heterocycles. The standard InChI is InChI=1S/C7H10Br2O2/c1-4(2)5-7(9,3-8)6(10)11-5/h4-5H,3H2,1-2H3/t5-,7+/m0/s1. The van der Waals surface area contributed by atoms with Gasteiger partial charge in [0, 0.05) is 5.33 Å². The summed E-state index contributed by atoms with van der Waals surface area (Å²) in [7, 11) is 0. The minimum Gasteiger partial charge on any atom is -0.459 e. The summed E-state index contributed by atoms with van der Waals surface area (Å²) >= 11 is 6.66. The normalized spacial score (nSPS) is 36.8. The lowest BCUT2D eigenvalue weighted by atomic mass is 9.90. The third-order valence-corrected chi connectivity index (χ3v) is 4.52. The number of carbonyl (C=O) groups excluding carboxylic acids is 1. The summed E-state index contributed by atoms with van der Waals surface area (Å²) < 4.78 is 4.52. The van der Waals surface area contributed by atoms with Crippen molar-refractivity contribution in [2.24, 2.45) is 5.92 Å². The maximum absolute atomic E-state index is 11.0. The Bertz CT molecular complexity index is 181. The zero-order valence-corrected chi connectivity index (χ0v) is 9.61. The first-order valence-corrected chi connectivity index (χ1v) is 5.39. The smallest absolute Gasteiger partial charge is 0.327 e. The van der Waals surface area contributed by atoms with Crippen molar-refractivity contribution in [1.29, 1.82) is 0 Å². The van der Waals surface area contributed by atoms with Gasteiger partial charge in [-0.25, -0.2) is 0 Å². The fourth-order valence-corrected chi connectivity index (χ4v) is 2.42. The second-order valence-electron chi connectivity index (χ2n) is 3.07. The van der Waals surface area contributed by atoms with E-state index in [-0.39, 0.29) is 12.1 Å². The average molecular weight is 286 g/mol. The van der Waals surface area contributed by atoms with Crippen molar-refractivity contribution in [2.75, 3.05) is 5.33 Å². The molecular formula is C7H10Br2O2. The van der Waals surface area contributed by atoms with Crippen LogP contribution >= 0.6 is 31.9 Å². The van der Waals surface area contributed by atoms with Crippen LogP contribution in [0.4, 0.5) is 0 Å². The molecule has 0 saturated carbocycles. The first kappa shape index (κ1) is 9.52. The third-order valence-electron chi connectivity index (χ3n) is 1.82. The van der Waals surface area contributed by atoms with Gasteiger partial charge in [-0.1, -0.05) is 45.7 Å². The van der Waals surface area contributed by atoms with Crippen LogP contribution < -0.4 is 0 Å². The minimum absolute atomic E-state index is 0.00868. The van der Waals surface area contributed by atoms with Crippen LogP contribution in [-0.4, -0.2) is 21.7 Å². The van der Waals surface area contributed by atoms with Gasteiger partial charge in [-0.05, 0) is 5.92 Å². The number of esters is 1. The number of hydrogen-bond acceptors (Lipinski definition) is 2. The number of ether oxygens (including phenoxy) is 1. The molecular weight excluding hydrogens is 276 g/mol. The molecule has 1 saturated heterocycles. The van der Waals surface area contributed by atoms with Gasteiger partial charge in [0.15, 0.2) is 4.32 Å². The van der Waals surface area contributed by atoms with Gasteiger partial charge in [0.05, 0.1) is 0 Å². The van der Waals surface area contributed by atoms with Gasteiger partial charge in [-0.2, -0.15) is 0 Å². The third kappa shape index (κ3) is 1.35. The van der Waals surface area contributed by atoms with Crippen molar-refractivity contribution in [1.82, 2.24) is 0 Å². The highest BCUT2D eigenvalue weighted by atomic mass is 79.9. The van der Waals surface area contributed by atoms with Crippen molar-refractivity contribution >= 4 is 37.8 Å². The topological polar surface area (TPSA) is 26.3 Å². The van der Waals surface area contributed by atoms with Crippen LogP contribution in [0, 0.1) is 5.92 Å². The highest BCUT2D eigenvalue weighted by Crippen LogP contribution is 2.41. The molecule has 0 amide bonds. The molecule has 11 heavy (non-hydrogen) atoms. The summed E-state index contributed by atoms with van der Waals surface area (Å²) in [5.74, 6) is 0.206. The molecule has 64 valence electrons. The van der Waals surface area contributed by atoms with E-state index in [0.717, 1.165) is 0 Å². The molecule has 0 radical (unpaired) electrons. The van der Waals surface area contributed by atoms with Crippen molar-refractivity contribution in [2.45, 2.75) is 24.3 Å². The predicted molar refractivity (Wildman–Crippen MR) is 50.2 cm³/mol. The van der Waals surface area contributed by atoms with E-state index in [1.165, 1.54) is 0 Å². The van der Waals surface area contributed by atoms with Gasteiger partial charge in [-0.15, -0.1) is 0 Å². The summed E-state index contributed by atoms with van der Waals surface area (Å²) in [4.78, 5) is 11.0. The fraction of sp³-hybridized carbons (Fsp3) is 0.857. The average Bonchev–Trinajstić information content (AvgIpc) is 1.97. The summed E-state index contributed by atoms with van der Waals surface area (Å²) in [5.41, 5.74) is 0. The number of alkyl halides is 2. The number of halogens is 2. The Morgan fingerprint density at radius 2 is 2.27 bits per heavy atom. The lowest BCUT2D eigenvalue weighted by Crippen LogP contribution is -2.61. The second kappa shape index (κ2) is 3.05. The Morgan fingerprint density at radius 3 is 2.45 bits per heavy atom. The Kier molecular flexibility index (Phi) is 2.64. The molecule has 1 fully saturated rings. The lowest BCUT2D eigenvalue weighted by Gasteiger charge is -2.43. The van der Waals surface area contributed by atoms with Gasteiger partial charge < -0.3 is 4.74 Å². The van der Waals surface area contributed by atoms with Gasteiger partial charge >= 0.3 is 5.97 Å². The molecule has 0 aromatic carbocycles. The molecule has 0 aromatic rings.